The van der Waals surface area contributed by atoms with Crippen molar-refractivity contribution >= 4 is 6.29 Å². The van der Waals surface area contributed by atoms with Crippen molar-refractivity contribution in [3.8, 4) is 0 Å². The average molecular weight is 162 g/mol. The molecule has 0 amide bonds. The maximum absolute atomic E-state index is 12.7. The Bertz CT molecular complexity index is 139. The molecule has 0 unspecified atom stereocenters. The lowest BCUT2D eigenvalue weighted by molar-refractivity contribution is -0.139. The van der Waals surface area contributed by atoms with Crippen LogP contribution in [0.1, 0.15) is 32.1 Å². The number of alkyl halides is 2. The minimum absolute atomic E-state index is 0.205. The van der Waals surface area contributed by atoms with Crippen LogP contribution in [0.25, 0.3) is 0 Å². The SMILES string of the molecule is O=CC(F)(F)C1CCCCC1. The van der Waals surface area contributed by atoms with E-state index in [2.05, 4.69) is 0 Å². The Labute approximate surface area is 64.8 Å². The van der Waals surface area contributed by atoms with Crippen molar-refractivity contribution < 1.29 is 13.6 Å². The fraction of sp³-hybridized carbons (Fsp3) is 0.875. The third kappa shape index (κ3) is 1.98. The summed E-state index contributed by atoms with van der Waals surface area (Å²) in [4.78, 5) is 9.98. The quantitative estimate of drug-likeness (QED) is 0.570. The Balaban J connectivity index is 2.50. The summed E-state index contributed by atoms with van der Waals surface area (Å²) >= 11 is 0. The predicted molar refractivity (Wildman–Crippen MR) is 37.6 cm³/mol. The molecule has 64 valence electrons. The number of carbonyl (C=O) groups is 1. The number of halogens is 2. The van der Waals surface area contributed by atoms with Crippen LogP contribution in [0.5, 0.6) is 0 Å². The van der Waals surface area contributed by atoms with Crippen LogP contribution in [-0.4, -0.2) is 12.2 Å². The Morgan fingerprint density at radius 2 is 1.73 bits per heavy atom. The summed E-state index contributed by atoms with van der Waals surface area (Å²) < 4.78 is 25.3. The van der Waals surface area contributed by atoms with Crippen molar-refractivity contribution in [1.29, 1.82) is 0 Å². The van der Waals surface area contributed by atoms with Gasteiger partial charge in [-0.05, 0) is 12.8 Å². The number of rotatable bonds is 2. The summed E-state index contributed by atoms with van der Waals surface area (Å²) in [7, 11) is 0. The van der Waals surface area contributed by atoms with Gasteiger partial charge in [0, 0.05) is 5.92 Å². The highest BCUT2D eigenvalue weighted by molar-refractivity contribution is 5.60. The zero-order chi connectivity index (χ0) is 8.32. The third-order valence-corrected chi connectivity index (χ3v) is 2.31. The highest BCUT2D eigenvalue weighted by Gasteiger charge is 2.39. The summed E-state index contributed by atoms with van der Waals surface area (Å²) in [6, 6.07) is 0. The smallest absolute Gasteiger partial charge is 0.297 e. The molecule has 0 aromatic heterocycles. The molecule has 0 spiro atoms. The largest absolute Gasteiger partial charge is 0.305 e. The van der Waals surface area contributed by atoms with E-state index in [1.807, 2.05) is 0 Å². The van der Waals surface area contributed by atoms with Gasteiger partial charge in [-0.15, -0.1) is 0 Å². The van der Waals surface area contributed by atoms with Gasteiger partial charge in [-0.1, -0.05) is 19.3 Å². The van der Waals surface area contributed by atoms with E-state index in [1.54, 1.807) is 0 Å². The zero-order valence-corrected chi connectivity index (χ0v) is 6.35. The summed E-state index contributed by atoms with van der Waals surface area (Å²) in [6.07, 6.45) is 3.52. The Morgan fingerprint density at radius 3 is 2.18 bits per heavy atom. The van der Waals surface area contributed by atoms with E-state index in [1.165, 1.54) is 0 Å². The first-order chi connectivity index (χ1) is 5.17. The van der Waals surface area contributed by atoms with Crippen LogP contribution in [0.4, 0.5) is 8.78 Å². The van der Waals surface area contributed by atoms with Crippen molar-refractivity contribution in [2.75, 3.05) is 0 Å². The first kappa shape index (κ1) is 8.62. The molecule has 0 atom stereocenters. The van der Waals surface area contributed by atoms with E-state index in [-0.39, 0.29) is 6.29 Å². The molecule has 0 N–H and O–H groups in total. The number of aldehydes is 1. The maximum Gasteiger partial charge on any atom is 0.305 e. The third-order valence-electron chi connectivity index (χ3n) is 2.31. The Kier molecular flexibility index (Phi) is 2.58. The van der Waals surface area contributed by atoms with E-state index in [9.17, 15) is 13.6 Å². The van der Waals surface area contributed by atoms with Gasteiger partial charge in [-0.25, -0.2) is 0 Å². The van der Waals surface area contributed by atoms with Gasteiger partial charge in [-0.2, -0.15) is 8.78 Å². The number of hydrogen-bond donors (Lipinski definition) is 0. The van der Waals surface area contributed by atoms with Gasteiger partial charge in [-0.3, -0.25) is 4.79 Å². The first-order valence-electron chi connectivity index (χ1n) is 4.01. The minimum Gasteiger partial charge on any atom is -0.297 e. The molecule has 1 aliphatic rings. The van der Waals surface area contributed by atoms with E-state index in [0.29, 0.717) is 12.8 Å². The molecule has 1 saturated carbocycles. The average Bonchev–Trinajstić information content (AvgIpc) is 2.06. The van der Waals surface area contributed by atoms with Crippen LogP contribution in [0.15, 0.2) is 0 Å². The molecule has 0 saturated heterocycles. The Hall–Kier alpha value is -0.470. The van der Waals surface area contributed by atoms with Crippen LogP contribution < -0.4 is 0 Å². The van der Waals surface area contributed by atoms with Crippen molar-refractivity contribution in [3.05, 3.63) is 0 Å². The van der Waals surface area contributed by atoms with Crippen LogP contribution in [0.2, 0.25) is 0 Å². The van der Waals surface area contributed by atoms with Gasteiger partial charge in [0.15, 0.2) is 6.29 Å². The fourth-order valence-electron chi connectivity index (χ4n) is 1.58. The van der Waals surface area contributed by atoms with Crippen molar-refractivity contribution in [2.24, 2.45) is 5.92 Å². The second-order valence-electron chi connectivity index (χ2n) is 3.13. The molecule has 0 aliphatic heterocycles. The van der Waals surface area contributed by atoms with Crippen molar-refractivity contribution in [1.82, 2.24) is 0 Å². The normalized spacial score (nSPS) is 21.6. The zero-order valence-electron chi connectivity index (χ0n) is 6.35. The highest BCUT2D eigenvalue weighted by atomic mass is 19.3. The molecule has 1 nitrogen and oxygen atoms in total. The molecule has 0 bridgehead atoms. The predicted octanol–water partition coefficient (Wildman–Crippen LogP) is 2.40. The van der Waals surface area contributed by atoms with E-state index in [0.717, 1.165) is 19.3 Å². The van der Waals surface area contributed by atoms with Gasteiger partial charge in [0.25, 0.3) is 0 Å². The van der Waals surface area contributed by atoms with Crippen LogP contribution in [0, 0.1) is 5.92 Å². The maximum atomic E-state index is 12.7. The monoisotopic (exact) mass is 162 g/mol. The fourth-order valence-corrected chi connectivity index (χ4v) is 1.58. The van der Waals surface area contributed by atoms with Crippen LogP contribution in [0.3, 0.4) is 0 Å². The van der Waals surface area contributed by atoms with E-state index in [4.69, 9.17) is 0 Å². The molecule has 0 radical (unpaired) electrons. The molecule has 11 heavy (non-hydrogen) atoms. The van der Waals surface area contributed by atoms with Crippen molar-refractivity contribution in [2.45, 2.75) is 38.0 Å². The van der Waals surface area contributed by atoms with E-state index < -0.39 is 11.8 Å². The lowest BCUT2D eigenvalue weighted by Gasteiger charge is -2.25. The lowest BCUT2D eigenvalue weighted by Crippen LogP contribution is -2.31. The van der Waals surface area contributed by atoms with Gasteiger partial charge in [0.05, 0.1) is 0 Å². The minimum atomic E-state index is -3.07. The highest BCUT2D eigenvalue weighted by Crippen LogP contribution is 2.34. The van der Waals surface area contributed by atoms with Crippen LogP contribution >= 0.6 is 0 Å². The molecule has 1 fully saturated rings. The molecule has 0 aromatic rings. The summed E-state index contributed by atoms with van der Waals surface area (Å²) in [5.41, 5.74) is 0. The second-order valence-corrected chi connectivity index (χ2v) is 3.13. The number of hydrogen-bond acceptors (Lipinski definition) is 1. The first-order valence-corrected chi connectivity index (χ1v) is 4.01. The van der Waals surface area contributed by atoms with Gasteiger partial charge < -0.3 is 0 Å². The molecule has 3 heteroatoms. The molecular weight excluding hydrogens is 150 g/mol. The van der Waals surface area contributed by atoms with Gasteiger partial charge >= 0.3 is 5.92 Å². The molecule has 1 aliphatic carbocycles. The van der Waals surface area contributed by atoms with Gasteiger partial charge in [0.2, 0.25) is 0 Å². The second kappa shape index (κ2) is 3.28. The topological polar surface area (TPSA) is 17.1 Å². The number of carbonyl (C=O) groups excluding carboxylic acids is 1. The van der Waals surface area contributed by atoms with Crippen LogP contribution in [-0.2, 0) is 4.79 Å². The lowest BCUT2D eigenvalue weighted by atomic mass is 9.85. The Morgan fingerprint density at radius 1 is 1.18 bits per heavy atom. The molecular formula is C8H12F2O. The molecule has 1 rings (SSSR count). The standard InChI is InChI=1S/C8H12F2O/c9-8(10,6-11)7-4-2-1-3-5-7/h6-7H,1-5H2. The summed E-state index contributed by atoms with van der Waals surface area (Å²) in [5, 5.41) is 0. The van der Waals surface area contributed by atoms with Gasteiger partial charge in [0.1, 0.15) is 0 Å². The molecule has 0 aromatic carbocycles. The molecule has 0 heterocycles. The summed E-state index contributed by atoms with van der Waals surface area (Å²) in [5.74, 6) is -3.76. The van der Waals surface area contributed by atoms with Crippen molar-refractivity contribution in [3.63, 3.8) is 0 Å². The summed E-state index contributed by atoms with van der Waals surface area (Å²) in [6.45, 7) is 0. The van der Waals surface area contributed by atoms with E-state index >= 15 is 0 Å².